The first-order chi connectivity index (χ1) is 12.2. The Balaban J connectivity index is 0.00000151. The molecule has 0 fully saturated rings. The normalized spacial score (nSPS) is 16.7. The first kappa shape index (κ1) is 20.9. The summed E-state index contributed by atoms with van der Waals surface area (Å²) < 4.78 is 0. The van der Waals surface area contributed by atoms with Crippen LogP contribution in [-0.2, 0) is 0 Å². The number of anilines is 1. The quantitative estimate of drug-likeness (QED) is 0.568. The van der Waals surface area contributed by atoms with Gasteiger partial charge in [0.1, 0.15) is 6.07 Å². The number of nitrogens with two attached hydrogens (primary N) is 1. The van der Waals surface area contributed by atoms with E-state index in [9.17, 15) is 5.26 Å². The fourth-order valence-corrected chi connectivity index (χ4v) is 2.80. The van der Waals surface area contributed by atoms with E-state index in [1.54, 1.807) is 0 Å². The summed E-state index contributed by atoms with van der Waals surface area (Å²) in [5, 5.41) is 16.8. The van der Waals surface area contributed by atoms with Crippen molar-refractivity contribution < 1.29 is 0 Å². The summed E-state index contributed by atoms with van der Waals surface area (Å²) in [4.78, 5) is 8.13. The molecule has 1 aliphatic rings. The molecule has 4 N–H and O–H groups in total. The summed E-state index contributed by atoms with van der Waals surface area (Å²) in [6, 6.07) is 8.35. The molecule has 1 heterocycles. The van der Waals surface area contributed by atoms with Crippen molar-refractivity contribution in [1.82, 2.24) is 5.32 Å². The van der Waals surface area contributed by atoms with Crippen molar-refractivity contribution in [3.8, 4) is 6.07 Å². The molecule has 134 valence electrons. The van der Waals surface area contributed by atoms with Crippen molar-refractivity contribution in [2.75, 3.05) is 31.7 Å². The molecule has 1 aromatic rings. The number of benzene rings is 1. The van der Waals surface area contributed by atoms with Crippen LogP contribution < -0.4 is 16.4 Å². The molecule has 25 heavy (non-hydrogen) atoms. The van der Waals surface area contributed by atoms with E-state index in [1.807, 2.05) is 31.5 Å². The number of para-hydroxylation sites is 1. The molecule has 7 heteroatoms. The number of hydrogen-bond acceptors (Lipinski definition) is 6. The van der Waals surface area contributed by atoms with Crippen molar-refractivity contribution >= 4 is 29.3 Å². The first-order valence-electron chi connectivity index (χ1n) is 8.01. The van der Waals surface area contributed by atoms with Gasteiger partial charge in [0, 0.05) is 25.3 Å². The van der Waals surface area contributed by atoms with Crippen LogP contribution in [0, 0.1) is 11.3 Å². The van der Waals surface area contributed by atoms with Crippen LogP contribution in [0.2, 0.25) is 0 Å². The number of thioether (sulfide) groups is 1. The third-order valence-electron chi connectivity index (χ3n) is 3.67. The molecule has 0 bridgehead atoms. The lowest BCUT2D eigenvalue weighted by atomic mass is 9.95. The number of fused-ring (bicyclic) bond motifs is 1. The van der Waals surface area contributed by atoms with Crippen LogP contribution in [0.3, 0.4) is 0 Å². The van der Waals surface area contributed by atoms with Gasteiger partial charge in [-0.2, -0.15) is 5.26 Å². The highest BCUT2D eigenvalue weighted by molar-refractivity contribution is 8.13. The van der Waals surface area contributed by atoms with Gasteiger partial charge in [-0.05, 0) is 50.6 Å². The molecular formula is C18H26N6S. The summed E-state index contributed by atoms with van der Waals surface area (Å²) >= 11 is 1.47. The van der Waals surface area contributed by atoms with E-state index >= 15 is 0 Å². The van der Waals surface area contributed by atoms with E-state index in [2.05, 4.69) is 45.2 Å². The third kappa shape index (κ3) is 6.02. The number of aliphatic imine (C=N–C) groups is 2. The lowest BCUT2D eigenvalue weighted by molar-refractivity contribution is 0.522. The van der Waals surface area contributed by atoms with Gasteiger partial charge in [0.25, 0.3) is 0 Å². The van der Waals surface area contributed by atoms with Gasteiger partial charge in [0.15, 0.2) is 5.17 Å². The zero-order valence-electron chi connectivity index (χ0n) is 15.0. The maximum atomic E-state index is 9.22. The fraction of sp³-hybridized carbons (Fsp3) is 0.389. The Labute approximate surface area is 154 Å². The SMILES string of the molecule is C=NC(=N/C=C(\C)CNC1CCNc2c(C#N)cccc21)SC.CN. The maximum absolute atomic E-state index is 9.22. The van der Waals surface area contributed by atoms with Gasteiger partial charge < -0.3 is 16.4 Å². The minimum absolute atomic E-state index is 0.240. The molecule has 0 saturated carbocycles. The van der Waals surface area contributed by atoms with Crippen LogP contribution in [0.5, 0.6) is 0 Å². The van der Waals surface area contributed by atoms with Crippen LogP contribution in [0.15, 0.2) is 40.0 Å². The van der Waals surface area contributed by atoms with E-state index in [-0.39, 0.29) is 6.04 Å². The van der Waals surface area contributed by atoms with Crippen molar-refractivity contribution in [1.29, 1.82) is 5.26 Å². The fourth-order valence-electron chi connectivity index (χ4n) is 2.51. The number of nitriles is 1. The van der Waals surface area contributed by atoms with E-state index in [0.29, 0.717) is 10.7 Å². The second-order valence-electron chi connectivity index (χ2n) is 5.28. The van der Waals surface area contributed by atoms with Crippen molar-refractivity contribution in [3.63, 3.8) is 0 Å². The summed E-state index contributed by atoms with van der Waals surface area (Å²) in [7, 11) is 1.50. The number of nitrogens with one attached hydrogen (secondary N) is 2. The van der Waals surface area contributed by atoms with Gasteiger partial charge in [-0.15, -0.1) is 0 Å². The van der Waals surface area contributed by atoms with E-state index in [1.165, 1.54) is 18.8 Å². The number of hydrogen-bond donors (Lipinski definition) is 3. The summed E-state index contributed by atoms with van der Waals surface area (Å²) in [5.74, 6) is 0. The minimum atomic E-state index is 0.240. The monoisotopic (exact) mass is 358 g/mol. The van der Waals surface area contributed by atoms with Gasteiger partial charge in [-0.1, -0.05) is 23.9 Å². The molecule has 2 rings (SSSR count). The van der Waals surface area contributed by atoms with Gasteiger partial charge in [0.05, 0.1) is 11.3 Å². The largest absolute Gasteiger partial charge is 0.384 e. The molecule has 0 saturated heterocycles. The highest BCUT2D eigenvalue weighted by Crippen LogP contribution is 2.32. The zero-order valence-corrected chi connectivity index (χ0v) is 15.9. The topological polar surface area (TPSA) is 98.6 Å². The zero-order chi connectivity index (χ0) is 18.7. The summed E-state index contributed by atoms with van der Waals surface area (Å²) in [6.07, 6.45) is 4.73. The predicted molar refractivity (Wildman–Crippen MR) is 109 cm³/mol. The Morgan fingerprint density at radius 2 is 2.32 bits per heavy atom. The maximum Gasteiger partial charge on any atom is 0.186 e. The molecule has 6 nitrogen and oxygen atoms in total. The lowest BCUT2D eigenvalue weighted by Gasteiger charge is -2.28. The van der Waals surface area contributed by atoms with E-state index in [0.717, 1.165) is 36.3 Å². The molecule has 1 unspecified atom stereocenters. The average molecular weight is 359 g/mol. The predicted octanol–water partition coefficient (Wildman–Crippen LogP) is 2.90. The second kappa shape index (κ2) is 11.4. The van der Waals surface area contributed by atoms with Crippen molar-refractivity contribution in [2.45, 2.75) is 19.4 Å². The minimum Gasteiger partial charge on any atom is -0.384 e. The van der Waals surface area contributed by atoms with Crippen LogP contribution in [0.1, 0.15) is 30.5 Å². The Bertz CT molecular complexity index is 675. The van der Waals surface area contributed by atoms with Gasteiger partial charge >= 0.3 is 0 Å². The summed E-state index contributed by atoms with van der Waals surface area (Å²) in [5.41, 5.74) is 8.44. The molecule has 0 aromatic heterocycles. The summed E-state index contributed by atoms with van der Waals surface area (Å²) in [6.45, 7) is 7.13. The Morgan fingerprint density at radius 1 is 1.56 bits per heavy atom. The van der Waals surface area contributed by atoms with Crippen LogP contribution in [0.4, 0.5) is 5.69 Å². The smallest absolute Gasteiger partial charge is 0.186 e. The van der Waals surface area contributed by atoms with Crippen molar-refractivity contribution in [3.05, 3.63) is 41.1 Å². The molecule has 0 spiro atoms. The standard InChI is InChI=1S/C17H21N5S.CH5N/c1-12(11-22-17(19-2)23-3)10-21-15-7-8-20-16-13(9-18)5-4-6-14(15)16;1-2/h4-6,11,15,20-21H,2,7-8,10H2,1,3H3;2H2,1H3/b12-11+,22-17?;. The molecule has 0 amide bonds. The van der Waals surface area contributed by atoms with Crippen LogP contribution in [0.25, 0.3) is 0 Å². The first-order valence-corrected chi connectivity index (χ1v) is 9.24. The van der Waals surface area contributed by atoms with Gasteiger partial charge in [-0.3, -0.25) is 0 Å². The average Bonchev–Trinajstić information content (AvgIpc) is 2.68. The van der Waals surface area contributed by atoms with Crippen LogP contribution in [-0.4, -0.2) is 38.3 Å². The Hall–Kier alpha value is -2.14. The highest BCUT2D eigenvalue weighted by Gasteiger charge is 2.21. The van der Waals surface area contributed by atoms with E-state index < -0.39 is 0 Å². The molecule has 1 atom stereocenters. The molecule has 1 aliphatic heterocycles. The van der Waals surface area contributed by atoms with Crippen molar-refractivity contribution in [2.24, 2.45) is 15.7 Å². The van der Waals surface area contributed by atoms with Gasteiger partial charge in [-0.25, -0.2) is 9.98 Å². The van der Waals surface area contributed by atoms with E-state index in [4.69, 9.17) is 0 Å². The number of rotatable bonds is 4. The Kier molecular flexibility index (Phi) is 9.55. The number of nitrogens with zero attached hydrogens (tertiary/aromatic N) is 3. The van der Waals surface area contributed by atoms with Gasteiger partial charge in [0.2, 0.25) is 0 Å². The lowest BCUT2D eigenvalue weighted by Crippen LogP contribution is -2.29. The molecule has 1 aromatic carbocycles. The highest BCUT2D eigenvalue weighted by atomic mass is 32.2. The Morgan fingerprint density at radius 3 is 2.96 bits per heavy atom. The molecular weight excluding hydrogens is 332 g/mol. The number of amidine groups is 1. The molecule has 0 aliphatic carbocycles. The molecule has 0 radical (unpaired) electrons. The van der Waals surface area contributed by atoms with Crippen LogP contribution >= 0.6 is 11.8 Å². The third-order valence-corrected chi connectivity index (χ3v) is 4.27. The second-order valence-corrected chi connectivity index (χ2v) is 6.05.